The molecule has 0 unspecified atom stereocenters. The first-order valence-corrected chi connectivity index (χ1v) is 33.3. The molecular formula is C50H84O7SiSn. The molecule has 0 spiro atoms. The standard InChI is InChI=1S/C38H57O7Si.3C4H9.Sn/c1-12-34(40-10)37(31(9)26-33-19-17-21-43-33)44-38(39)35(41-11)25-28(6)23-30(8)36(45-46(13-2,14-3)15-4)29(7)22-27(5)24-32-18-16-20-42-32;3*1-3-4-2;/h1,12,16-21,23-25,29-31,34,36-37H,13-15,22,26H2,2-11H3;3*1,3-4H2,2H3;/b12-1?,27-24+,28-23+,35-25-;;;;/t29-,30+,31-,34-,36-,37+;;;;/m0..../s1. The van der Waals surface area contributed by atoms with E-state index in [0.717, 1.165) is 41.6 Å². The Hall–Kier alpha value is -2.27. The van der Waals surface area contributed by atoms with Gasteiger partial charge in [-0.3, -0.25) is 0 Å². The first kappa shape index (κ1) is 52.9. The van der Waals surface area contributed by atoms with Gasteiger partial charge in [0.15, 0.2) is 8.32 Å². The normalized spacial score (nSPS) is 16.5. The third-order valence-corrected chi connectivity index (χ3v) is 31.3. The van der Waals surface area contributed by atoms with E-state index in [0.29, 0.717) is 6.42 Å². The fraction of sp³-hybridized carbons (Fsp3) is 0.660. The van der Waals surface area contributed by atoms with Gasteiger partial charge in [0.1, 0.15) is 5.76 Å². The van der Waals surface area contributed by atoms with Crippen molar-refractivity contribution in [3.63, 3.8) is 0 Å². The molecule has 0 aliphatic carbocycles. The molecule has 6 atom stereocenters. The Morgan fingerprint density at radius 3 is 1.90 bits per heavy atom. The van der Waals surface area contributed by atoms with Crippen LogP contribution in [0.25, 0.3) is 6.08 Å². The fourth-order valence-electron chi connectivity index (χ4n) is 8.68. The molecule has 0 saturated carbocycles. The van der Waals surface area contributed by atoms with Gasteiger partial charge in [-0.2, -0.15) is 0 Å². The molecule has 7 nitrogen and oxygen atoms in total. The maximum absolute atomic E-state index is 14.2. The van der Waals surface area contributed by atoms with Crippen LogP contribution in [0.15, 0.2) is 84.9 Å². The van der Waals surface area contributed by atoms with Crippen molar-refractivity contribution in [2.75, 3.05) is 14.2 Å². The summed E-state index contributed by atoms with van der Waals surface area (Å²) in [7, 11) is 1.34. The first-order chi connectivity index (χ1) is 28.3. The van der Waals surface area contributed by atoms with E-state index in [1.807, 2.05) is 37.3 Å². The molecule has 9 heteroatoms. The summed E-state index contributed by atoms with van der Waals surface area (Å²) in [5.74, 6) is 1.67. The molecule has 2 aromatic heterocycles. The van der Waals surface area contributed by atoms with Gasteiger partial charge in [-0.25, -0.2) is 0 Å². The fourth-order valence-corrected chi connectivity index (χ4v) is 26.0. The molecule has 0 fully saturated rings. The van der Waals surface area contributed by atoms with E-state index in [9.17, 15) is 4.79 Å². The Morgan fingerprint density at radius 1 is 0.814 bits per heavy atom. The topological polar surface area (TPSA) is 80.3 Å². The van der Waals surface area contributed by atoms with Crippen LogP contribution in [0.2, 0.25) is 31.4 Å². The summed E-state index contributed by atoms with van der Waals surface area (Å²) < 4.78 is 43.8. The van der Waals surface area contributed by atoms with Crippen LogP contribution in [-0.4, -0.2) is 65.2 Å². The van der Waals surface area contributed by atoms with Crippen molar-refractivity contribution in [1.82, 2.24) is 0 Å². The number of furan rings is 2. The van der Waals surface area contributed by atoms with Crippen molar-refractivity contribution in [3.05, 3.63) is 87.5 Å². The van der Waals surface area contributed by atoms with Crippen LogP contribution in [0.5, 0.6) is 0 Å². The van der Waals surface area contributed by atoms with Crippen LogP contribution in [0.1, 0.15) is 133 Å². The maximum atomic E-state index is 14.2. The summed E-state index contributed by atoms with van der Waals surface area (Å²) >= 11 is -2.66. The Morgan fingerprint density at radius 2 is 1.41 bits per heavy atom. The average molecular weight is 944 g/mol. The molecule has 0 amide bonds. The van der Waals surface area contributed by atoms with Gasteiger partial charge in [0.05, 0.1) is 6.26 Å². The molecule has 0 N–H and O–H groups in total. The van der Waals surface area contributed by atoms with Gasteiger partial charge in [-0.1, -0.05) is 33.3 Å². The van der Waals surface area contributed by atoms with Gasteiger partial charge in [-0.15, -0.1) is 0 Å². The second-order valence-electron chi connectivity index (χ2n) is 17.4. The predicted octanol–water partition coefficient (Wildman–Crippen LogP) is 14.6. The second-order valence-corrected chi connectivity index (χ2v) is 35.1. The molecule has 0 aliphatic heterocycles. The van der Waals surface area contributed by atoms with Crippen LogP contribution < -0.4 is 0 Å². The van der Waals surface area contributed by atoms with Crippen molar-refractivity contribution in [1.29, 1.82) is 0 Å². The molecular weight excluding hydrogens is 859 g/mol. The molecule has 2 heterocycles. The number of hydrogen-bond acceptors (Lipinski definition) is 7. The van der Waals surface area contributed by atoms with Crippen molar-refractivity contribution >= 4 is 38.7 Å². The number of ether oxygens (including phenoxy) is 3. The van der Waals surface area contributed by atoms with Crippen LogP contribution in [0.4, 0.5) is 0 Å². The Bertz CT molecular complexity index is 1510. The van der Waals surface area contributed by atoms with E-state index in [1.54, 1.807) is 26.7 Å². The Kier molecular flexibility index (Phi) is 25.4. The molecule has 0 aromatic carbocycles. The van der Waals surface area contributed by atoms with Crippen LogP contribution >= 0.6 is 0 Å². The van der Waals surface area contributed by atoms with Gasteiger partial charge in [0, 0.05) is 0 Å². The third kappa shape index (κ3) is 17.9. The van der Waals surface area contributed by atoms with E-state index in [-0.39, 0.29) is 29.6 Å². The number of unbranched alkanes of at least 4 members (excludes halogenated alkanes) is 3. The molecule has 2 rings (SSSR count). The molecule has 0 saturated heterocycles. The zero-order valence-electron chi connectivity index (χ0n) is 39.6. The Labute approximate surface area is 365 Å². The number of carbonyl (C=O) groups is 1. The quantitative estimate of drug-likeness (QED) is 0.0245. The molecule has 0 bridgehead atoms. The molecule has 2 aromatic rings. The van der Waals surface area contributed by atoms with E-state index in [2.05, 4.69) is 91.6 Å². The van der Waals surface area contributed by atoms with Gasteiger partial charge in [0.2, 0.25) is 0 Å². The van der Waals surface area contributed by atoms with Crippen molar-refractivity contribution in [2.45, 2.75) is 177 Å². The Balaban J connectivity index is 2.50. The monoisotopic (exact) mass is 945 g/mol. The van der Waals surface area contributed by atoms with Gasteiger partial charge in [0.25, 0.3) is 0 Å². The van der Waals surface area contributed by atoms with Crippen molar-refractivity contribution < 1.29 is 32.3 Å². The van der Waals surface area contributed by atoms with E-state index >= 15 is 0 Å². The number of allylic oxidation sites excluding steroid dienone is 3. The summed E-state index contributed by atoms with van der Waals surface area (Å²) in [6.07, 6.45) is 19.9. The predicted molar refractivity (Wildman–Crippen MR) is 253 cm³/mol. The minimum atomic E-state index is -2.66. The number of rotatable bonds is 31. The summed E-state index contributed by atoms with van der Waals surface area (Å²) in [5.41, 5.74) is 2.18. The van der Waals surface area contributed by atoms with Crippen LogP contribution in [0, 0.1) is 17.8 Å². The zero-order chi connectivity index (χ0) is 43.8. The van der Waals surface area contributed by atoms with Gasteiger partial charge in [-0.05, 0) is 55.6 Å². The minimum absolute atomic E-state index is 0.00769. The first-order valence-electron chi connectivity index (χ1n) is 23.1. The SMILES string of the molecule is CCC[CH2][Sn](/[CH]=C/[C@H](OC)[C@H](OC(=O)/C(=C/C(C)=C/[C@@H](C)[C@@H](O[Si](CC)(CC)CC)[C@@H](C)C/C(C)=C/c1ccco1)OC)[C@@H](C)Cc1ccco1)([CH2]CCC)[CH2]CCC. The second kappa shape index (κ2) is 28.4. The average Bonchev–Trinajstić information content (AvgIpc) is 3.95. The summed E-state index contributed by atoms with van der Waals surface area (Å²) in [6.45, 7) is 24.6. The number of esters is 1. The van der Waals surface area contributed by atoms with E-state index in [1.165, 1.54) is 57.4 Å². The molecule has 59 heavy (non-hydrogen) atoms. The van der Waals surface area contributed by atoms with Gasteiger partial charge < -0.3 is 8.84 Å². The summed E-state index contributed by atoms with van der Waals surface area (Å²) in [4.78, 5) is 14.2. The van der Waals surface area contributed by atoms with Gasteiger partial charge >= 0.3 is 250 Å². The van der Waals surface area contributed by atoms with E-state index in [4.69, 9.17) is 27.5 Å². The third-order valence-electron chi connectivity index (χ3n) is 12.5. The number of hydrogen-bond donors (Lipinski definition) is 0. The van der Waals surface area contributed by atoms with Crippen molar-refractivity contribution in [2.24, 2.45) is 17.8 Å². The molecule has 334 valence electrons. The summed E-state index contributed by atoms with van der Waals surface area (Å²) in [6, 6.07) is 11.0. The van der Waals surface area contributed by atoms with Crippen LogP contribution in [0.3, 0.4) is 0 Å². The zero-order valence-corrected chi connectivity index (χ0v) is 43.4. The van der Waals surface area contributed by atoms with E-state index < -0.39 is 44.9 Å². The number of carbonyl (C=O) groups excluding carboxylic acids is 1. The van der Waals surface area contributed by atoms with Crippen LogP contribution in [-0.2, 0) is 29.9 Å². The number of methoxy groups -OCH3 is 2. The van der Waals surface area contributed by atoms with Crippen molar-refractivity contribution in [3.8, 4) is 0 Å². The molecule has 0 radical (unpaired) electrons. The molecule has 0 aliphatic rings. The summed E-state index contributed by atoms with van der Waals surface area (Å²) in [5, 5.41) is 0.